The van der Waals surface area contributed by atoms with Crippen molar-refractivity contribution in [1.82, 2.24) is 9.62 Å². The Morgan fingerprint density at radius 1 is 1.22 bits per heavy atom. The number of nitrogens with one attached hydrogen (secondary N) is 1. The third-order valence-corrected chi connectivity index (χ3v) is 8.14. The number of sulfonamides is 1. The van der Waals surface area contributed by atoms with E-state index in [-0.39, 0.29) is 29.3 Å². The van der Waals surface area contributed by atoms with Crippen molar-refractivity contribution in [2.24, 2.45) is 0 Å². The molecule has 0 spiro atoms. The molecule has 1 fully saturated rings. The number of benzene rings is 1. The molecule has 1 aromatic carbocycles. The fraction of sp³-hybridized carbons (Fsp3) is 0.636. The van der Waals surface area contributed by atoms with Crippen molar-refractivity contribution >= 4 is 33.2 Å². The van der Waals surface area contributed by atoms with Gasteiger partial charge in [-0.25, -0.2) is 8.42 Å². The molecule has 0 aliphatic carbocycles. The van der Waals surface area contributed by atoms with Crippen LogP contribution in [0.4, 0.5) is 11.4 Å². The molecule has 0 aromatic heterocycles. The first-order chi connectivity index (χ1) is 15.3. The summed E-state index contributed by atoms with van der Waals surface area (Å²) in [5.74, 6) is -0.428. The lowest BCUT2D eigenvalue weighted by atomic mass is 9.96. The smallest absolute Gasteiger partial charge is 0.250 e. The zero-order valence-electron chi connectivity index (χ0n) is 19.2. The van der Waals surface area contributed by atoms with Crippen molar-refractivity contribution in [3.8, 4) is 0 Å². The largest absolute Gasteiger partial charge is 0.385 e. The topological polar surface area (TPSA) is 99.3 Å². The van der Waals surface area contributed by atoms with Crippen molar-refractivity contribution in [3.05, 3.63) is 18.2 Å². The van der Waals surface area contributed by atoms with Crippen molar-refractivity contribution < 1.29 is 22.7 Å². The van der Waals surface area contributed by atoms with Gasteiger partial charge in [0.2, 0.25) is 21.8 Å². The van der Waals surface area contributed by atoms with Crippen LogP contribution in [0.3, 0.4) is 0 Å². The fourth-order valence-corrected chi connectivity index (χ4v) is 5.90. The zero-order valence-corrected chi connectivity index (χ0v) is 20.0. The van der Waals surface area contributed by atoms with Crippen LogP contribution in [-0.2, 0) is 24.3 Å². The minimum Gasteiger partial charge on any atom is -0.385 e. The van der Waals surface area contributed by atoms with E-state index in [1.807, 2.05) is 0 Å². The molecule has 1 atom stereocenters. The van der Waals surface area contributed by atoms with E-state index in [0.29, 0.717) is 38.3 Å². The number of anilines is 2. The number of fused-ring (bicyclic) bond motifs is 3. The number of hydrogen-bond acceptors (Lipinski definition) is 6. The standard InChI is InChI=1S/C22H34N4O5S/c1-4-24(5-2)32(29,30)17-10-11-18-20(15-17)26(16-21(27)23-12-8-14-31-3)22(28)19-9-6-7-13-25(18)19/h10-11,15,19H,4-9,12-14,16H2,1-3H3,(H,23,27). The van der Waals surface area contributed by atoms with Gasteiger partial charge in [0.05, 0.1) is 16.3 Å². The second-order valence-electron chi connectivity index (χ2n) is 8.07. The SMILES string of the molecule is CCN(CC)S(=O)(=O)c1ccc2c(c1)N(CC(=O)NCCCOC)C(=O)C1CCCCN21. The van der Waals surface area contributed by atoms with Gasteiger partial charge in [0, 0.05) is 39.9 Å². The summed E-state index contributed by atoms with van der Waals surface area (Å²) >= 11 is 0. The molecule has 0 bridgehead atoms. The molecule has 10 heteroatoms. The molecule has 178 valence electrons. The maximum atomic E-state index is 13.4. The minimum absolute atomic E-state index is 0.133. The Kier molecular flexibility index (Phi) is 8.13. The number of methoxy groups -OCH3 is 1. The number of nitrogens with zero attached hydrogens (tertiary/aromatic N) is 3. The second-order valence-corrected chi connectivity index (χ2v) is 10.0. The average Bonchev–Trinajstić information content (AvgIpc) is 2.79. The van der Waals surface area contributed by atoms with Gasteiger partial charge in [0.15, 0.2) is 0 Å². The highest BCUT2D eigenvalue weighted by Gasteiger charge is 2.40. The number of carbonyl (C=O) groups is 2. The van der Waals surface area contributed by atoms with Gasteiger partial charge >= 0.3 is 0 Å². The lowest BCUT2D eigenvalue weighted by Crippen LogP contribution is -2.57. The van der Waals surface area contributed by atoms with Crippen LogP contribution < -0.4 is 15.1 Å². The lowest BCUT2D eigenvalue weighted by Gasteiger charge is -2.45. The number of hydrogen-bond donors (Lipinski definition) is 1. The second kappa shape index (κ2) is 10.6. The van der Waals surface area contributed by atoms with Gasteiger partial charge in [-0.15, -0.1) is 0 Å². The maximum absolute atomic E-state index is 13.4. The minimum atomic E-state index is -3.69. The Morgan fingerprint density at radius 3 is 2.66 bits per heavy atom. The quantitative estimate of drug-likeness (QED) is 0.526. The van der Waals surface area contributed by atoms with Crippen LogP contribution >= 0.6 is 0 Å². The molecular weight excluding hydrogens is 432 g/mol. The van der Waals surface area contributed by atoms with Crippen molar-refractivity contribution in [2.45, 2.75) is 50.5 Å². The summed E-state index contributed by atoms with van der Waals surface area (Å²) in [6.07, 6.45) is 3.33. The van der Waals surface area contributed by atoms with Crippen LogP contribution in [-0.4, -0.2) is 77.0 Å². The highest BCUT2D eigenvalue weighted by Crippen LogP contribution is 2.40. The van der Waals surface area contributed by atoms with Gasteiger partial charge in [-0.2, -0.15) is 4.31 Å². The Bertz CT molecular complexity index is 932. The van der Waals surface area contributed by atoms with E-state index in [4.69, 9.17) is 4.74 Å². The van der Waals surface area contributed by atoms with E-state index >= 15 is 0 Å². The summed E-state index contributed by atoms with van der Waals surface area (Å²) < 4.78 is 32.6. The van der Waals surface area contributed by atoms with Crippen LogP contribution in [0.1, 0.15) is 39.5 Å². The predicted octanol–water partition coefficient (Wildman–Crippen LogP) is 1.58. The molecule has 3 rings (SSSR count). The summed E-state index contributed by atoms with van der Waals surface area (Å²) in [4.78, 5) is 29.6. The van der Waals surface area contributed by atoms with Gasteiger partial charge in [0.25, 0.3) is 0 Å². The van der Waals surface area contributed by atoms with Gasteiger partial charge in [-0.3, -0.25) is 14.5 Å². The number of ether oxygens (including phenoxy) is 1. The third-order valence-electron chi connectivity index (χ3n) is 6.09. The average molecular weight is 467 g/mol. The molecule has 1 saturated heterocycles. The van der Waals surface area contributed by atoms with E-state index in [2.05, 4.69) is 10.2 Å². The Morgan fingerprint density at radius 2 is 1.97 bits per heavy atom. The summed E-state index contributed by atoms with van der Waals surface area (Å²) in [7, 11) is -2.09. The first-order valence-corrected chi connectivity index (χ1v) is 12.8. The Labute approximate surface area is 190 Å². The van der Waals surface area contributed by atoms with E-state index in [1.165, 1.54) is 9.21 Å². The van der Waals surface area contributed by atoms with Crippen LogP contribution in [0.15, 0.2) is 23.1 Å². The predicted molar refractivity (Wildman–Crippen MR) is 123 cm³/mol. The normalized spacial score (nSPS) is 18.5. The molecule has 0 radical (unpaired) electrons. The molecule has 2 aliphatic rings. The summed E-state index contributed by atoms with van der Waals surface area (Å²) in [6.45, 7) is 5.89. The number of rotatable bonds is 10. The number of piperidine rings is 1. The molecule has 1 aromatic rings. The highest BCUT2D eigenvalue weighted by molar-refractivity contribution is 7.89. The monoisotopic (exact) mass is 466 g/mol. The van der Waals surface area contributed by atoms with Crippen LogP contribution in [0, 0.1) is 0 Å². The van der Waals surface area contributed by atoms with E-state index in [1.54, 1.807) is 39.2 Å². The van der Waals surface area contributed by atoms with Crippen molar-refractivity contribution in [2.75, 3.05) is 56.2 Å². The van der Waals surface area contributed by atoms with E-state index in [0.717, 1.165) is 31.5 Å². The zero-order chi connectivity index (χ0) is 23.3. The van der Waals surface area contributed by atoms with Gasteiger partial charge in [-0.05, 0) is 43.9 Å². The maximum Gasteiger partial charge on any atom is 0.250 e. The Balaban J connectivity index is 1.95. The first kappa shape index (κ1) is 24.5. The van der Waals surface area contributed by atoms with Gasteiger partial charge < -0.3 is 15.0 Å². The van der Waals surface area contributed by atoms with Crippen molar-refractivity contribution in [3.63, 3.8) is 0 Å². The number of carbonyl (C=O) groups excluding carboxylic acids is 2. The lowest BCUT2D eigenvalue weighted by molar-refractivity contribution is -0.125. The van der Waals surface area contributed by atoms with E-state index in [9.17, 15) is 18.0 Å². The number of amides is 2. The summed E-state index contributed by atoms with van der Waals surface area (Å²) in [5.41, 5.74) is 1.29. The molecule has 1 N–H and O–H groups in total. The molecule has 0 saturated carbocycles. The molecule has 32 heavy (non-hydrogen) atoms. The Hall–Kier alpha value is -2.17. The van der Waals surface area contributed by atoms with Crippen LogP contribution in [0.2, 0.25) is 0 Å². The highest BCUT2D eigenvalue weighted by atomic mass is 32.2. The van der Waals surface area contributed by atoms with Gasteiger partial charge in [-0.1, -0.05) is 13.8 Å². The fourth-order valence-electron chi connectivity index (χ4n) is 4.42. The van der Waals surface area contributed by atoms with Gasteiger partial charge in [0.1, 0.15) is 12.6 Å². The third kappa shape index (κ3) is 4.92. The van der Waals surface area contributed by atoms with E-state index < -0.39 is 10.0 Å². The molecule has 2 aliphatic heterocycles. The molecule has 2 heterocycles. The molecule has 9 nitrogen and oxygen atoms in total. The van der Waals surface area contributed by atoms with Crippen LogP contribution in [0.5, 0.6) is 0 Å². The first-order valence-electron chi connectivity index (χ1n) is 11.3. The summed E-state index contributed by atoms with van der Waals surface area (Å²) in [5, 5.41) is 2.82. The van der Waals surface area contributed by atoms with Crippen LogP contribution in [0.25, 0.3) is 0 Å². The summed E-state index contributed by atoms with van der Waals surface area (Å²) in [6, 6.07) is 4.61. The van der Waals surface area contributed by atoms with Crippen molar-refractivity contribution in [1.29, 1.82) is 0 Å². The molecule has 1 unspecified atom stereocenters. The molecule has 2 amide bonds. The molecular formula is C22H34N4O5S.